The molecule has 0 aromatic carbocycles. The number of hydrogen-bond acceptors (Lipinski definition) is 2. The number of aromatic nitrogens is 1. The van der Waals surface area contributed by atoms with Crippen LogP contribution in [0.3, 0.4) is 0 Å². The van der Waals surface area contributed by atoms with E-state index in [0.717, 1.165) is 13.2 Å². The molecule has 1 fully saturated rings. The maximum Gasteiger partial charge on any atom is 0.0601 e. The lowest BCUT2D eigenvalue weighted by atomic mass is 9.82. The molecule has 0 bridgehead atoms. The normalized spacial score (nSPS) is 27.4. The molecule has 2 heterocycles. The average molecular weight is 189 g/mol. The van der Waals surface area contributed by atoms with Gasteiger partial charge < -0.3 is 4.74 Å². The molecule has 1 aromatic heterocycles. The van der Waals surface area contributed by atoms with E-state index >= 15 is 0 Å². The zero-order valence-corrected chi connectivity index (χ0v) is 8.71. The van der Waals surface area contributed by atoms with Gasteiger partial charge in [-0.2, -0.15) is 0 Å². The molecule has 0 amide bonds. The molecule has 1 saturated heterocycles. The summed E-state index contributed by atoms with van der Waals surface area (Å²) in [4.78, 5) is 4.57. The second kappa shape index (κ2) is 2.57. The summed E-state index contributed by atoms with van der Waals surface area (Å²) in [5.74, 6) is 0.655. The molecule has 1 unspecified atom stereocenters. The largest absolute Gasteiger partial charge is 0.379 e. The third-order valence-electron chi connectivity index (χ3n) is 3.66. The molecule has 1 aliphatic carbocycles. The highest BCUT2D eigenvalue weighted by molar-refractivity contribution is 5.43. The second-order valence-electron chi connectivity index (χ2n) is 4.77. The van der Waals surface area contributed by atoms with Crippen LogP contribution in [-0.2, 0) is 10.2 Å². The molecule has 1 aromatic rings. The first-order chi connectivity index (χ1) is 6.73. The highest BCUT2D eigenvalue weighted by Gasteiger charge is 2.49. The van der Waals surface area contributed by atoms with E-state index in [2.05, 4.69) is 24.9 Å². The summed E-state index contributed by atoms with van der Waals surface area (Å²) in [7, 11) is 0. The van der Waals surface area contributed by atoms with Crippen molar-refractivity contribution in [1.82, 2.24) is 4.98 Å². The van der Waals surface area contributed by atoms with Crippen LogP contribution in [-0.4, -0.2) is 18.2 Å². The first-order valence-electron chi connectivity index (χ1n) is 5.27. The Kier molecular flexibility index (Phi) is 1.55. The summed E-state index contributed by atoms with van der Waals surface area (Å²) in [5, 5.41) is 0. The molecule has 1 atom stereocenters. The van der Waals surface area contributed by atoms with Gasteiger partial charge in [0.1, 0.15) is 0 Å². The molecule has 74 valence electrons. The number of aryl methyl sites for hydroxylation is 1. The predicted octanol–water partition coefficient (Wildman–Crippen LogP) is 2.17. The van der Waals surface area contributed by atoms with Crippen molar-refractivity contribution in [3.05, 3.63) is 29.1 Å². The van der Waals surface area contributed by atoms with Crippen molar-refractivity contribution in [2.45, 2.75) is 31.6 Å². The van der Waals surface area contributed by atoms with Crippen molar-refractivity contribution in [1.29, 1.82) is 0 Å². The Bertz CT molecular complexity index is 382. The van der Waals surface area contributed by atoms with Crippen LogP contribution >= 0.6 is 0 Å². The maximum atomic E-state index is 5.37. The second-order valence-corrected chi connectivity index (χ2v) is 4.77. The minimum Gasteiger partial charge on any atom is -0.379 e. The summed E-state index contributed by atoms with van der Waals surface area (Å²) >= 11 is 0. The van der Waals surface area contributed by atoms with Gasteiger partial charge in [-0.1, -0.05) is 6.92 Å². The fraction of sp³-hybridized carbons (Fsp3) is 0.583. The molecule has 0 N–H and O–H groups in total. The molecular formula is C12H15NO. The minimum atomic E-state index is 0.279. The minimum absolute atomic E-state index is 0.279. The summed E-state index contributed by atoms with van der Waals surface area (Å²) in [6.07, 6.45) is 3.16. The van der Waals surface area contributed by atoms with Crippen LogP contribution in [0.5, 0.6) is 0 Å². The molecule has 3 rings (SSSR count). The van der Waals surface area contributed by atoms with E-state index in [-0.39, 0.29) is 5.41 Å². The van der Waals surface area contributed by atoms with Gasteiger partial charge in [-0.15, -0.1) is 0 Å². The summed E-state index contributed by atoms with van der Waals surface area (Å²) in [6, 6.07) is 2.12. The fourth-order valence-electron chi connectivity index (χ4n) is 3.00. The van der Waals surface area contributed by atoms with Gasteiger partial charge in [0.05, 0.1) is 24.3 Å². The van der Waals surface area contributed by atoms with Gasteiger partial charge in [0.2, 0.25) is 0 Å². The average Bonchev–Trinajstić information content (AvgIpc) is 2.40. The van der Waals surface area contributed by atoms with E-state index in [1.54, 1.807) is 0 Å². The van der Waals surface area contributed by atoms with Crippen LogP contribution in [0.25, 0.3) is 0 Å². The third kappa shape index (κ3) is 0.871. The Morgan fingerprint density at radius 1 is 1.50 bits per heavy atom. The molecule has 0 radical (unpaired) electrons. The van der Waals surface area contributed by atoms with E-state index in [1.807, 2.05) is 6.20 Å². The van der Waals surface area contributed by atoms with Gasteiger partial charge in [-0.05, 0) is 36.5 Å². The SMILES string of the molecule is Cc1ccnc2c1C(C)CC21COC1. The Morgan fingerprint density at radius 3 is 2.93 bits per heavy atom. The van der Waals surface area contributed by atoms with E-state index in [0.29, 0.717) is 5.92 Å². The van der Waals surface area contributed by atoms with Crippen LogP contribution in [0.4, 0.5) is 0 Å². The highest BCUT2D eigenvalue weighted by Crippen LogP contribution is 2.49. The summed E-state index contributed by atoms with van der Waals surface area (Å²) in [5.41, 5.74) is 4.47. The number of pyridine rings is 1. The van der Waals surface area contributed by atoms with Crippen molar-refractivity contribution in [3.8, 4) is 0 Å². The molecule has 2 aliphatic rings. The standard InChI is InChI=1S/C12H15NO/c1-8-3-4-13-11-10(8)9(2)5-12(11)6-14-7-12/h3-4,9H,5-7H2,1-2H3. The fourth-order valence-corrected chi connectivity index (χ4v) is 3.00. The van der Waals surface area contributed by atoms with Gasteiger partial charge in [-0.25, -0.2) is 0 Å². The number of nitrogens with zero attached hydrogens (tertiary/aromatic N) is 1. The predicted molar refractivity (Wildman–Crippen MR) is 54.5 cm³/mol. The van der Waals surface area contributed by atoms with Crippen molar-refractivity contribution in [3.63, 3.8) is 0 Å². The first kappa shape index (κ1) is 8.42. The third-order valence-corrected chi connectivity index (χ3v) is 3.66. The van der Waals surface area contributed by atoms with Gasteiger partial charge in [0.25, 0.3) is 0 Å². The number of hydrogen-bond donors (Lipinski definition) is 0. The van der Waals surface area contributed by atoms with Crippen molar-refractivity contribution < 1.29 is 4.74 Å². The quantitative estimate of drug-likeness (QED) is 0.624. The van der Waals surface area contributed by atoms with Crippen LogP contribution in [0.2, 0.25) is 0 Å². The van der Waals surface area contributed by atoms with Crippen LogP contribution in [0.15, 0.2) is 12.3 Å². The Morgan fingerprint density at radius 2 is 2.29 bits per heavy atom. The molecular weight excluding hydrogens is 174 g/mol. The lowest BCUT2D eigenvalue weighted by Gasteiger charge is -2.38. The molecule has 0 saturated carbocycles. The van der Waals surface area contributed by atoms with Gasteiger partial charge >= 0.3 is 0 Å². The van der Waals surface area contributed by atoms with Crippen molar-refractivity contribution in [2.24, 2.45) is 0 Å². The number of rotatable bonds is 0. The molecule has 2 nitrogen and oxygen atoms in total. The molecule has 14 heavy (non-hydrogen) atoms. The summed E-state index contributed by atoms with van der Waals surface area (Å²) in [6.45, 7) is 6.25. The van der Waals surface area contributed by atoms with Gasteiger partial charge in [0, 0.05) is 6.20 Å². The van der Waals surface area contributed by atoms with E-state index in [4.69, 9.17) is 4.74 Å². The van der Waals surface area contributed by atoms with Crippen LogP contribution in [0.1, 0.15) is 36.1 Å². The van der Waals surface area contributed by atoms with Gasteiger partial charge in [0.15, 0.2) is 0 Å². The topological polar surface area (TPSA) is 22.1 Å². The van der Waals surface area contributed by atoms with Crippen LogP contribution in [0, 0.1) is 6.92 Å². The smallest absolute Gasteiger partial charge is 0.0601 e. The van der Waals surface area contributed by atoms with E-state index in [9.17, 15) is 0 Å². The Labute approximate surface area is 84.3 Å². The molecule has 1 aliphatic heterocycles. The lowest BCUT2D eigenvalue weighted by Crippen LogP contribution is -2.45. The van der Waals surface area contributed by atoms with Crippen molar-refractivity contribution in [2.75, 3.05) is 13.2 Å². The van der Waals surface area contributed by atoms with Crippen LogP contribution < -0.4 is 0 Å². The highest BCUT2D eigenvalue weighted by atomic mass is 16.5. The van der Waals surface area contributed by atoms with Crippen molar-refractivity contribution >= 4 is 0 Å². The first-order valence-corrected chi connectivity index (χ1v) is 5.27. The zero-order chi connectivity index (χ0) is 9.76. The lowest BCUT2D eigenvalue weighted by molar-refractivity contribution is -0.0625. The maximum absolute atomic E-state index is 5.37. The molecule has 1 spiro atoms. The van der Waals surface area contributed by atoms with E-state index < -0.39 is 0 Å². The number of fused-ring (bicyclic) bond motifs is 2. The zero-order valence-electron chi connectivity index (χ0n) is 8.71. The van der Waals surface area contributed by atoms with E-state index in [1.165, 1.54) is 23.2 Å². The summed E-state index contributed by atoms with van der Waals surface area (Å²) < 4.78 is 5.37. The monoisotopic (exact) mass is 189 g/mol. The van der Waals surface area contributed by atoms with Gasteiger partial charge in [-0.3, -0.25) is 4.98 Å². The Balaban J connectivity index is 2.19. The Hall–Kier alpha value is -0.890. The molecule has 2 heteroatoms. The number of ether oxygens (including phenoxy) is 1.